The molecule has 21 heavy (non-hydrogen) atoms. The van der Waals surface area contributed by atoms with Crippen molar-refractivity contribution in [3.63, 3.8) is 0 Å². The van der Waals surface area contributed by atoms with Gasteiger partial charge in [-0.25, -0.2) is 8.42 Å². The normalized spacial score (nSPS) is 11.7. The predicted octanol–water partition coefficient (Wildman–Crippen LogP) is 1.67. The first-order valence-corrected chi connectivity index (χ1v) is 8.93. The van der Waals surface area contributed by atoms with Gasteiger partial charge in [-0.2, -0.15) is 0 Å². The van der Waals surface area contributed by atoms with Gasteiger partial charge in [0.05, 0.1) is 18.1 Å². The molecule has 5 nitrogen and oxygen atoms in total. The molecule has 0 atom stereocenters. The van der Waals surface area contributed by atoms with E-state index in [1.165, 1.54) is 0 Å². The molecule has 0 aliphatic carbocycles. The minimum Gasteiger partial charge on any atom is -0.497 e. The minimum absolute atomic E-state index is 0.145. The van der Waals surface area contributed by atoms with Crippen molar-refractivity contribution in [2.45, 2.75) is 25.5 Å². The highest BCUT2D eigenvalue weighted by atomic mass is 32.2. The number of ether oxygens (including phenoxy) is 1. The third-order valence-electron chi connectivity index (χ3n) is 3.41. The summed E-state index contributed by atoms with van der Waals surface area (Å²) in [5, 5.41) is -0.348. The highest BCUT2D eigenvalue weighted by Gasteiger charge is 2.18. The summed E-state index contributed by atoms with van der Waals surface area (Å²) in [4.78, 5) is 2.05. The molecule has 1 rings (SSSR count). The van der Waals surface area contributed by atoms with E-state index in [9.17, 15) is 8.42 Å². The van der Waals surface area contributed by atoms with Gasteiger partial charge in [-0.05, 0) is 38.9 Å². The van der Waals surface area contributed by atoms with Gasteiger partial charge in [0.15, 0.2) is 9.84 Å². The average Bonchev–Trinajstić information content (AvgIpc) is 2.47. The van der Waals surface area contributed by atoms with Crippen LogP contribution in [-0.4, -0.2) is 46.2 Å². The molecule has 0 fully saturated rings. The monoisotopic (exact) mass is 314 g/mol. The summed E-state index contributed by atoms with van der Waals surface area (Å²) in [5.74, 6) is 0.906. The van der Waals surface area contributed by atoms with Crippen molar-refractivity contribution in [2.24, 2.45) is 5.73 Å². The van der Waals surface area contributed by atoms with Crippen molar-refractivity contribution in [2.75, 3.05) is 37.4 Å². The molecule has 0 saturated heterocycles. The van der Waals surface area contributed by atoms with E-state index in [1.807, 2.05) is 24.3 Å². The average molecular weight is 314 g/mol. The largest absolute Gasteiger partial charge is 0.497 e. The van der Waals surface area contributed by atoms with Gasteiger partial charge in [-0.3, -0.25) is 0 Å². The number of benzene rings is 1. The van der Waals surface area contributed by atoms with Crippen molar-refractivity contribution < 1.29 is 13.2 Å². The maximum atomic E-state index is 12.0. The molecule has 0 radical (unpaired) electrons. The standard InChI is InChI=1S/C15H26N2O3S/c1-13(2)21(18,19)11-10-17(9-5-8-16)14-6-4-7-15(12-14)20-3/h4,6-7,12-13H,5,8-11,16H2,1-3H3. The third kappa shape index (κ3) is 5.55. The van der Waals surface area contributed by atoms with Crippen LogP contribution >= 0.6 is 0 Å². The number of methoxy groups -OCH3 is 1. The molecule has 0 spiro atoms. The van der Waals surface area contributed by atoms with E-state index in [0.717, 1.165) is 24.4 Å². The van der Waals surface area contributed by atoms with Crippen LogP contribution < -0.4 is 15.4 Å². The molecular weight excluding hydrogens is 288 g/mol. The van der Waals surface area contributed by atoms with Crippen LogP contribution in [0.3, 0.4) is 0 Å². The molecule has 0 aliphatic heterocycles. The van der Waals surface area contributed by atoms with Crippen molar-refractivity contribution in [3.05, 3.63) is 24.3 Å². The molecule has 0 bridgehead atoms. The lowest BCUT2D eigenvalue weighted by Crippen LogP contribution is -2.33. The van der Waals surface area contributed by atoms with Crippen LogP contribution in [-0.2, 0) is 9.84 Å². The third-order valence-corrected chi connectivity index (χ3v) is 5.60. The lowest BCUT2D eigenvalue weighted by Gasteiger charge is -2.25. The fourth-order valence-corrected chi connectivity index (χ4v) is 2.88. The van der Waals surface area contributed by atoms with E-state index in [4.69, 9.17) is 10.5 Å². The molecule has 0 aromatic heterocycles. The first-order valence-electron chi connectivity index (χ1n) is 7.21. The summed E-state index contributed by atoms with van der Waals surface area (Å²) in [6.45, 7) is 5.21. The number of hydrogen-bond acceptors (Lipinski definition) is 5. The Kier molecular flexibility index (Phi) is 6.98. The second-order valence-corrected chi connectivity index (χ2v) is 7.92. The van der Waals surface area contributed by atoms with E-state index in [-0.39, 0.29) is 11.0 Å². The van der Waals surface area contributed by atoms with Gasteiger partial charge < -0.3 is 15.4 Å². The summed E-state index contributed by atoms with van der Waals surface area (Å²) in [6, 6.07) is 7.65. The first-order chi connectivity index (χ1) is 9.90. The van der Waals surface area contributed by atoms with Gasteiger partial charge in [0.1, 0.15) is 5.75 Å². The summed E-state index contributed by atoms with van der Waals surface area (Å²) in [6.07, 6.45) is 0.818. The van der Waals surface area contributed by atoms with Crippen molar-refractivity contribution >= 4 is 15.5 Å². The molecule has 2 N–H and O–H groups in total. The molecule has 1 aromatic rings. The fourth-order valence-electron chi connectivity index (χ4n) is 1.93. The lowest BCUT2D eigenvalue weighted by molar-refractivity contribution is 0.415. The van der Waals surface area contributed by atoms with E-state index < -0.39 is 9.84 Å². The zero-order valence-corrected chi connectivity index (χ0v) is 13.9. The summed E-state index contributed by atoms with van der Waals surface area (Å²) < 4.78 is 29.2. The highest BCUT2D eigenvalue weighted by molar-refractivity contribution is 7.92. The first kappa shape index (κ1) is 17.8. The van der Waals surface area contributed by atoms with Crippen molar-refractivity contribution in [1.82, 2.24) is 0 Å². The molecular formula is C15H26N2O3S. The molecule has 120 valence electrons. The van der Waals surface area contributed by atoms with Gasteiger partial charge in [0.2, 0.25) is 0 Å². The van der Waals surface area contributed by atoms with Crippen LogP contribution in [0.4, 0.5) is 5.69 Å². The van der Waals surface area contributed by atoms with Crippen LogP contribution in [0.15, 0.2) is 24.3 Å². The Bertz CT molecular complexity index is 529. The van der Waals surface area contributed by atoms with E-state index in [2.05, 4.69) is 4.90 Å². The highest BCUT2D eigenvalue weighted by Crippen LogP contribution is 2.21. The summed E-state index contributed by atoms with van der Waals surface area (Å²) in [5.41, 5.74) is 6.53. The van der Waals surface area contributed by atoms with Gasteiger partial charge in [0.25, 0.3) is 0 Å². The molecule has 0 heterocycles. The van der Waals surface area contributed by atoms with Crippen LogP contribution in [0, 0.1) is 0 Å². The van der Waals surface area contributed by atoms with Crippen LogP contribution in [0.2, 0.25) is 0 Å². The number of rotatable bonds is 9. The Morgan fingerprint density at radius 3 is 2.57 bits per heavy atom. The fraction of sp³-hybridized carbons (Fsp3) is 0.600. The zero-order valence-electron chi connectivity index (χ0n) is 13.1. The number of sulfone groups is 1. The van der Waals surface area contributed by atoms with E-state index in [1.54, 1.807) is 21.0 Å². The van der Waals surface area contributed by atoms with Crippen LogP contribution in [0.1, 0.15) is 20.3 Å². The minimum atomic E-state index is -3.05. The van der Waals surface area contributed by atoms with Gasteiger partial charge >= 0.3 is 0 Å². The number of anilines is 1. The van der Waals surface area contributed by atoms with Crippen LogP contribution in [0.25, 0.3) is 0 Å². The number of nitrogens with zero attached hydrogens (tertiary/aromatic N) is 1. The number of nitrogens with two attached hydrogens (primary N) is 1. The SMILES string of the molecule is COc1cccc(N(CCCN)CCS(=O)(=O)C(C)C)c1. The Morgan fingerprint density at radius 2 is 2.00 bits per heavy atom. The Hall–Kier alpha value is -1.27. The van der Waals surface area contributed by atoms with Gasteiger partial charge in [-0.1, -0.05) is 6.07 Å². The molecule has 0 saturated carbocycles. The molecule has 0 unspecified atom stereocenters. The number of hydrogen-bond donors (Lipinski definition) is 1. The smallest absolute Gasteiger partial charge is 0.154 e. The Balaban J connectivity index is 2.84. The summed E-state index contributed by atoms with van der Waals surface area (Å²) >= 11 is 0. The van der Waals surface area contributed by atoms with Gasteiger partial charge in [0, 0.05) is 24.8 Å². The summed E-state index contributed by atoms with van der Waals surface area (Å²) in [7, 11) is -1.43. The Morgan fingerprint density at radius 1 is 1.29 bits per heavy atom. The van der Waals surface area contributed by atoms with Crippen molar-refractivity contribution in [1.29, 1.82) is 0 Å². The Labute approximate surface area is 128 Å². The molecule has 1 aromatic carbocycles. The lowest BCUT2D eigenvalue weighted by atomic mass is 10.2. The molecule has 6 heteroatoms. The second-order valence-electron chi connectivity index (χ2n) is 5.25. The quantitative estimate of drug-likeness (QED) is 0.750. The van der Waals surface area contributed by atoms with Crippen molar-refractivity contribution in [3.8, 4) is 5.75 Å². The predicted molar refractivity (Wildman–Crippen MR) is 87.8 cm³/mol. The maximum absolute atomic E-state index is 12.0. The zero-order chi connectivity index (χ0) is 15.9. The van der Waals surface area contributed by atoms with E-state index >= 15 is 0 Å². The second kappa shape index (κ2) is 8.24. The van der Waals surface area contributed by atoms with Gasteiger partial charge in [-0.15, -0.1) is 0 Å². The van der Waals surface area contributed by atoms with Crippen LogP contribution in [0.5, 0.6) is 5.75 Å². The molecule has 0 amide bonds. The molecule has 0 aliphatic rings. The van der Waals surface area contributed by atoms with E-state index in [0.29, 0.717) is 13.1 Å². The topological polar surface area (TPSA) is 72.6 Å². The maximum Gasteiger partial charge on any atom is 0.154 e.